The van der Waals surface area contributed by atoms with E-state index in [9.17, 15) is 8.78 Å². The maximum Gasteiger partial charge on any atom is 0.295 e. The van der Waals surface area contributed by atoms with Crippen molar-refractivity contribution in [2.24, 2.45) is 0 Å². The van der Waals surface area contributed by atoms with Crippen molar-refractivity contribution in [2.75, 3.05) is 0 Å². The van der Waals surface area contributed by atoms with Gasteiger partial charge in [-0.05, 0) is 46.6 Å². The van der Waals surface area contributed by atoms with E-state index in [0.717, 1.165) is 5.56 Å². The van der Waals surface area contributed by atoms with Crippen LogP contribution in [0.1, 0.15) is 17.7 Å². The standard InChI is InChI=1S/C10H7BrF2O/c1-5-2-6-4-8(10(12)13)14-9(6)7(11)3-5/h2-4,10H,1H3. The van der Waals surface area contributed by atoms with Gasteiger partial charge in [0.25, 0.3) is 6.43 Å². The quantitative estimate of drug-likeness (QED) is 0.739. The molecule has 1 nitrogen and oxygen atoms in total. The molecule has 2 rings (SSSR count). The average Bonchev–Trinajstić information content (AvgIpc) is 2.47. The fourth-order valence-corrected chi connectivity index (χ4v) is 2.05. The van der Waals surface area contributed by atoms with Gasteiger partial charge in [-0.25, -0.2) is 8.78 Å². The number of alkyl halides is 2. The van der Waals surface area contributed by atoms with Gasteiger partial charge in [-0.1, -0.05) is 0 Å². The lowest BCUT2D eigenvalue weighted by Crippen LogP contribution is -1.75. The summed E-state index contributed by atoms with van der Waals surface area (Å²) in [4.78, 5) is 0. The Morgan fingerprint density at radius 2 is 2.00 bits per heavy atom. The Morgan fingerprint density at radius 3 is 2.64 bits per heavy atom. The highest BCUT2D eigenvalue weighted by Gasteiger charge is 2.14. The lowest BCUT2D eigenvalue weighted by molar-refractivity contribution is 0.124. The SMILES string of the molecule is Cc1cc(Br)c2oc(C(F)F)cc2c1. The van der Waals surface area contributed by atoms with Crippen LogP contribution in [0.15, 0.2) is 27.1 Å². The first-order chi connectivity index (χ1) is 6.58. The fraction of sp³-hybridized carbons (Fsp3) is 0.200. The lowest BCUT2D eigenvalue weighted by Gasteiger charge is -1.95. The minimum Gasteiger partial charge on any atom is -0.454 e. The topological polar surface area (TPSA) is 13.1 Å². The van der Waals surface area contributed by atoms with Crippen LogP contribution in [0.25, 0.3) is 11.0 Å². The highest BCUT2D eigenvalue weighted by Crippen LogP contribution is 2.32. The van der Waals surface area contributed by atoms with E-state index in [1.54, 1.807) is 0 Å². The van der Waals surface area contributed by atoms with Crippen LogP contribution >= 0.6 is 15.9 Å². The molecule has 0 saturated heterocycles. The van der Waals surface area contributed by atoms with Crippen LogP contribution in [0.5, 0.6) is 0 Å². The highest BCUT2D eigenvalue weighted by molar-refractivity contribution is 9.10. The lowest BCUT2D eigenvalue weighted by atomic mass is 10.2. The maximum absolute atomic E-state index is 12.3. The van der Waals surface area contributed by atoms with E-state index in [-0.39, 0.29) is 5.76 Å². The largest absolute Gasteiger partial charge is 0.454 e. The molecule has 0 unspecified atom stereocenters. The zero-order valence-electron chi connectivity index (χ0n) is 7.35. The van der Waals surface area contributed by atoms with Crippen molar-refractivity contribution in [1.29, 1.82) is 0 Å². The molecule has 0 amide bonds. The van der Waals surface area contributed by atoms with E-state index < -0.39 is 6.43 Å². The monoisotopic (exact) mass is 260 g/mol. The summed E-state index contributed by atoms with van der Waals surface area (Å²) in [5.41, 5.74) is 1.48. The third-order valence-corrected chi connectivity index (χ3v) is 2.54. The summed E-state index contributed by atoms with van der Waals surface area (Å²) < 4.78 is 30.4. The number of fused-ring (bicyclic) bond motifs is 1. The number of aryl methyl sites for hydroxylation is 1. The van der Waals surface area contributed by atoms with Gasteiger partial charge in [0.05, 0.1) is 4.47 Å². The molecule has 1 aromatic carbocycles. The molecule has 0 N–H and O–H groups in total. The Balaban J connectivity index is 2.70. The Morgan fingerprint density at radius 1 is 1.29 bits per heavy atom. The van der Waals surface area contributed by atoms with E-state index in [0.29, 0.717) is 15.4 Å². The number of furan rings is 1. The number of halogens is 3. The molecule has 0 spiro atoms. The van der Waals surface area contributed by atoms with Crippen LogP contribution in [0, 0.1) is 6.92 Å². The van der Waals surface area contributed by atoms with Crippen LogP contribution in [0.3, 0.4) is 0 Å². The van der Waals surface area contributed by atoms with E-state index in [1.165, 1.54) is 6.07 Å². The van der Waals surface area contributed by atoms with E-state index in [1.807, 2.05) is 19.1 Å². The third kappa shape index (κ3) is 1.54. The Hall–Kier alpha value is -0.900. The zero-order valence-corrected chi connectivity index (χ0v) is 8.94. The van der Waals surface area contributed by atoms with Crippen molar-refractivity contribution in [2.45, 2.75) is 13.3 Å². The highest BCUT2D eigenvalue weighted by atomic mass is 79.9. The number of rotatable bonds is 1. The summed E-state index contributed by atoms with van der Waals surface area (Å²) in [6.07, 6.45) is -2.56. The van der Waals surface area contributed by atoms with Gasteiger partial charge in [0.2, 0.25) is 0 Å². The van der Waals surface area contributed by atoms with Crippen LogP contribution in [-0.4, -0.2) is 0 Å². The van der Waals surface area contributed by atoms with E-state index >= 15 is 0 Å². The summed E-state index contributed by atoms with van der Waals surface area (Å²) in [5.74, 6) is -0.286. The summed E-state index contributed by atoms with van der Waals surface area (Å²) in [7, 11) is 0. The predicted octanol–water partition coefficient (Wildman–Crippen LogP) is 4.44. The smallest absolute Gasteiger partial charge is 0.295 e. The predicted molar refractivity (Wildman–Crippen MR) is 53.6 cm³/mol. The molecule has 0 bridgehead atoms. The van der Waals surface area contributed by atoms with Gasteiger partial charge >= 0.3 is 0 Å². The molecule has 74 valence electrons. The van der Waals surface area contributed by atoms with Crippen molar-refractivity contribution in [1.82, 2.24) is 0 Å². The van der Waals surface area contributed by atoms with Gasteiger partial charge in [0, 0.05) is 5.39 Å². The molecule has 2 aromatic rings. The Labute approximate surface area is 87.8 Å². The van der Waals surface area contributed by atoms with Crippen LogP contribution < -0.4 is 0 Å². The summed E-state index contributed by atoms with van der Waals surface area (Å²) in [6.45, 7) is 1.90. The molecule has 0 saturated carbocycles. The Bertz CT molecular complexity index is 476. The molecule has 14 heavy (non-hydrogen) atoms. The molecule has 0 atom stereocenters. The second-order valence-electron chi connectivity index (χ2n) is 3.11. The van der Waals surface area contributed by atoms with Gasteiger partial charge in [-0.2, -0.15) is 0 Å². The Kier molecular flexibility index (Phi) is 2.31. The summed E-state index contributed by atoms with van der Waals surface area (Å²) in [5, 5.41) is 0.701. The van der Waals surface area contributed by atoms with Crippen molar-refractivity contribution < 1.29 is 13.2 Å². The second kappa shape index (κ2) is 3.35. The van der Waals surface area contributed by atoms with Crippen molar-refractivity contribution in [3.8, 4) is 0 Å². The second-order valence-corrected chi connectivity index (χ2v) is 3.97. The molecule has 1 heterocycles. The number of hydrogen-bond donors (Lipinski definition) is 0. The normalized spacial score (nSPS) is 11.5. The molecule has 0 radical (unpaired) electrons. The van der Waals surface area contributed by atoms with Gasteiger partial charge < -0.3 is 4.42 Å². The number of hydrogen-bond acceptors (Lipinski definition) is 1. The maximum atomic E-state index is 12.3. The summed E-state index contributed by atoms with van der Waals surface area (Å²) >= 11 is 3.27. The average molecular weight is 261 g/mol. The van der Waals surface area contributed by atoms with Gasteiger partial charge in [-0.15, -0.1) is 0 Å². The minimum atomic E-state index is -2.56. The molecular formula is C10H7BrF2O. The van der Waals surface area contributed by atoms with Crippen molar-refractivity contribution >= 4 is 26.9 Å². The van der Waals surface area contributed by atoms with Gasteiger partial charge in [-0.3, -0.25) is 0 Å². The fourth-order valence-electron chi connectivity index (χ4n) is 1.38. The van der Waals surface area contributed by atoms with Crippen molar-refractivity contribution in [3.05, 3.63) is 34.0 Å². The third-order valence-electron chi connectivity index (χ3n) is 1.95. The first kappa shape index (κ1) is 9.65. The van der Waals surface area contributed by atoms with E-state index in [4.69, 9.17) is 4.42 Å². The number of benzene rings is 1. The first-order valence-corrected chi connectivity index (χ1v) is 4.85. The van der Waals surface area contributed by atoms with Crippen LogP contribution in [-0.2, 0) is 0 Å². The van der Waals surface area contributed by atoms with Crippen LogP contribution in [0.4, 0.5) is 8.78 Å². The molecule has 4 heteroatoms. The first-order valence-electron chi connectivity index (χ1n) is 4.05. The van der Waals surface area contributed by atoms with Gasteiger partial charge in [0.1, 0.15) is 5.58 Å². The van der Waals surface area contributed by atoms with E-state index in [2.05, 4.69) is 15.9 Å². The van der Waals surface area contributed by atoms with Crippen LogP contribution in [0.2, 0.25) is 0 Å². The van der Waals surface area contributed by atoms with Crippen molar-refractivity contribution in [3.63, 3.8) is 0 Å². The molecule has 0 aliphatic carbocycles. The van der Waals surface area contributed by atoms with Gasteiger partial charge in [0.15, 0.2) is 5.76 Å². The molecule has 1 aromatic heterocycles. The minimum absolute atomic E-state index is 0.286. The molecular weight excluding hydrogens is 254 g/mol. The molecule has 0 aliphatic rings. The molecule has 0 fully saturated rings. The summed E-state index contributed by atoms with van der Waals surface area (Å²) in [6, 6.07) is 5.02. The molecule has 0 aliphatic heterocycles. The zero-order chi connectivity index (χ0) is 10.3.